The smallest absolute Gasteiger partial charge is 0.224 e. The first kappa shape index (κ1) is 11.7. The van der Waals surface area contributed by atoms with E-state index in [1.165, 1.54) is 0 Å². The number of aliphatic hydroxyl groups is 1. The second-order valence-electron chi connectivity index (χ2n) is 5.07. The zero-order valence-electron chi connectivity index (χ0n) is 10.1. The summed E-state index contributed by atoms with van der Waals surface area (Å²) in [6.45, 7) is 1.22. The number of carbonyl (C=O) groups excluding carboxylic acids is 1. The Balaban J connectivity index is 1.47. The molecule has 18 heavy (non-hydrogen) atoms. The zero-order chi connectivity index (χ0) is 12.5. The minimum atomic E-state index is -0.0622. The average Bonchev–Trinajstić information content (AvgIpc) is 3.01. The summed E-state index contributed by atoms with van der Waals surface area (Å²) < 4.78 is 5.66. The van der Waals surface area contributed by atoms with Crippen LogP contribution in [0.25, 0.3) is 0 Å². The molecule has 96 valence electrons. The highest BCUT2D eigenvalue weighted by atomic mass is 16.5. The lowest BCUT2D eigenvalue weighted by atomic mass is 10.2. The number of ether oxygens (including phenoxy) is 1. The Morgan fingerprint density at radius 3 is 2.78 bits per heavy atom. The predicted molar refractivity (Wildman–Crippen MR) is 65.6 cm³/mol. The Morgan fingerprint density at radius 1 is 1.28 bits per heavy atom. The molecule has 1 saturated carbocycles. The average molecular weight is 247 g/mol. The Morgan fingerprint density at radius 2 is 2.06 bits per heavy atom. The minimum absolute atomic E-state index is 0.0299. The van der Waals surface area contributed by atoms with Gasteiger partial charge < -0.3 is 15.2 Å². The molecule has 0 aromatic heterocycles. The van der Waals surface area contributed by atoms with E-state index in [1.54, 1.807) is 0 Å². The Labute approximate surface area is 106 Å². The lowest BCUT2D eigenvalue weighted by Crippen LogP contribution is -2.35. The summed E-state index contributed by atoms with van der Waals surface area (Å²) in [7, 11) is 0. The van der Waals surface area contributed by atoms with Crippen molar-refractivity contribution in [3.05, 3.63) is 35.9 Å². The van der Waals surface area contributed by atoms with Crippen LogP contribution in [0.3, 0.4) is 0 Å². The number of hydrogen-bond donors (Lipinski definition) is 2. The summed E-state index contributed by atoms with van der Waals surface area (Å²) in [5, 5.41) is 11.9. The quantitative estimate of drug-likeness (QED) is 0.799. The summed E-state index contributed by atoms with van der Waals surface area (Å²) in [4.78, 5) is 11.6. The van der Waals surface area contributed by atoms with E-state index >= 15 is 0 Å². The molecule has 1 aromatic rings. The fourth-order valence-corrected chi connectivity index (χ4v) is 2.96. The third-order valence-corrected chi connectivity index (χ3v) is 3.94. The molecular weight excluding hydrogens is 230 g/mol. The SMILES string of the molecule is O=C1N[C@H](CO)[C@H]2[C@H](COCc3ccccc3)[C@@H]12. The molecule has 2 aliphatic rings. The third kappa shape index (κ3) is 2.02. The molecule has 0 radical (unpaired) electrons. The number of aliphatic hydroxyl groups excluding tert-OH is 1. The maximum absolute atomic E-state index is 11.6. The normalized spacial score (nSPS) is 33.1. The molecule has 1 amide bonds. The van der Waals surface area contributed by atoms with Crippen molar-refractivity contribution in [1.29, 1.82) is 0 Å². The van der Waals surface area contributed by atoms with Crippen LogP contribution in [0.2, 0.25) is 0 Å². The van der Waals surface area contributed by atoms with Gasteiger partial charge in [-0.15, -0.1) is 0 Å². The van der Waals surface area contributed by atoms with Crippen molar-refractivity contribution in [3.8, 4) is 0 Å². The first-order valence-electron chi connectivity index (χ1n) is 6.34. The number of carbonyl (C=O) groups is 1. The fraction of sp³-hybridized carbons (Fsp3) is 0.500. The lowest BCUT2D eigenvalue weighted by Gasteiger charge is -2.13. The van der Waals surface area contributed by atoms with E-state index in [-0.39, 0.29) is 30.4 Å². The molecule has 2 N–H and O–H groups in total. The van der Waals surface area contributed by atoms with E-state index in [9.17, 15) is 4.79 Å². The monoisotopic (exact) mass is 247 g/mol. The van der Waals surface area contributed by atoms with Gasteiger partial charge >= 0.3 is 0 Å². The van der Waals surface area contributed by atoms with Gasteiger partial charge in [0, 0.05) is 5.92 Å². The largest absolute Gasteiger partial charge is 0.394 e. The van der Waals surface area contributed by atoms with E-state index in [1.807, 2.05) is 30.3 Å². The molecule has 1 aliphatic carbocycles. The number of fused-ring (bicyclic) bond motifs is 1. The van der Waals surface area contributed by atoms with Gasteiger partial charge in [-0.2, -0.15) is 0 Å². The van der Waals surface area contributed by atoms with E-state index in [0.29, 0.717) is 19.1 Å². The maximum atomic E-state index is 11.6. The van der Waals surface area contributed by atoms with E-state index in [0.717, 1.165) is 5.56 Å². The summed E-state index contributed by atoms with van der Waals surface area (Å²) >= 11 is 0. The molecule has 2 fully saturated rings. The molecule has 0 spiro atoms. The van der Waals surface area contributed by atoms with Crippen molar-refractivity contribution >= 4 is 5.91 Å². The second-order valence-corrected chi connectivity index (χ2v) is 5.07. The van der Waals surface area contributed by atoms with Crippen LogP contribution in [0.1, 0.15) is 5.56 Å². The summed E-state index contributed by atoms with van der Waals surface area (Å²) in [5.41, 5.74) is 1.14. The molecule has 4 heteroatoms. The van der Waals surface area contributed by atoms with Crippen LogP contribution < -0.4 is 5.32 Å². The van der Waals surface area contributed by atoms with E-state index in [2.05, 4.69) is 5.32 Å². The molecule has 1 aliphatic heterocycles. The van der Waals surface area contributed by atoms with Gasteiger partial charge in [0.15, 0.2) is 0 Å². The predicted octanol–water partition coefficient (Wildman–Crippen LogP) is 0.556. The summed E-state index contributed by atoms with van der Waals surface area (Å²) in [6, 6.07) is 9.94. The highest BCUT2D eigenvalue weighted by molar-refractivity contribution is 5.85. The zero-order valence-corrected chi connectivity index (χ0v) is 10.1. The van der Waals surface area contributed by atoms with Crippen LogP contribution in [0.5, 0.6) is 0 Å². The van der Waals surface area contributed by atoms with Gasteiger partial charge in [-0.3, -0.25) is 4.79 Å². The van der Waals surface area contributed by atoms with Crippen LogP contribution in [0.15, 0.2) is 30.3 Å². The minimum Gasteiger partial charge on any atom is -0.394 e. The van der Waals surface area contributed by atoms with Gasteiger partial charge in [-0.1, -0.05) is 30.3 Å². The van der Waals surface area contributed by atoms with Crippen LogP contribution in [0.4, 0.5) is 0 Å². The first-order valence-corrected chi connectivity index (χ1v) is 6.34. The highest BCUT2D eigenvalue weighted by Crippen LogP contribution is 2.52. The van der Waals surface area contributed by atoms with Crippen molar-refractivity contribution in [1.82, 2.24) is 5.32 Å². The number of hydrogen-bond acceptors (Lipinski definition) is 3. The lowest BCUT2D eigenvalue weighted by molar-refractivity contribution is -0.122. The molecule has 3 rings (SSSR count). The van der Waals surface area contributed by atoms with E-state index in [4.69, 9.17) is 9.84 Å². The van der Waals surface area contributed by atoms with Crippen molar-refractivity contribution in [2.45, 2.75) is 12.6 Å². The van der Waals surface area contributed by atoms with Gasteiger partial charge in [0.25, 0.3) is 0 Å². The van der Waals surface area contributed by atoms with Gasteiger partial charge in [-0.25, -0.2) is 0 Å². The molecule has 0 unspecified atom stereocenters. The Hall–Kier alpha value is -1.39. The van der Waals surface area contributed by atoms with Crippen LogP contribution in [0, 0.1) is 17.8 Å². The standard InChI is InChI=1S/C14H17NO3/c16-6-11-12-10(13(12)14(17)15-11)8-18-7-9-4-2-1-3-5-9/h1-5,10-13,16H,6-8H2,(H,15,17)/t10-,11+,12+,13+/m0/s1. The highest BCUT2D eigenvalue weighted by Gasteiger charge is 2.62. The number of benzene rings is 1. The second kappa shape index (κ2) is 4.71. The van der Waals surface area contributed by atoms with Crippen LogP contribution in [-0.2, 0) is 16.1 Å². The first-order chi connectivity index (χ1) is 8.81. The molecule has 4 atom stereocenters. The molecular formula is C14H17NO3. The molecule has 0 bridgehead atoms. The van der Waals surface area contributed by atoms with Gasteiger partial charge in [0.2, 0.25) is 5.91 Å². The van der Waals surface area contributed by atoms with Crippen molar-refractivity contribution < 1.29 is 14.6 Å². The molecule has 1 aromatic carbocycles. The number of amides is 1. The Bertz CT molecular complexity index is 434. The summed E-state index contributed by atoms with van der Waals surface area (Å²) in [6.07, 6.45) is 0. The van der Waals surface area contributed by atoms with E-state index < -0.39 is 0 Å². The van der Waals surface area contributed by atoms with Crippen molar-refractivity contribution in [2.24, 2.45) is 17.8 Å². The van der Waals surface area contributed by atoms with Gasteiger partial charge in [0.1, 0.15) is 0 Å². The number of rotatable bonds is 5. The molecule has 1 saturated heterocycles. The number of piperidine rings is 1. The fourth-order valence-electron chi connectivity index (χ4n) is 2.96. The summed E-state index contributed by atoms with van der Waals surface area (Å²) in [5.74, 6) is 0.711. The third-order valence-electron chi connectivity index (χ3n) is 3.94. The Kier molecular flexibility index (Phi) is 3.06. The topological polar surface area (TPSA) is 58.6 Å². The maximum Gasteiger partial charge on any atom is 0.224 e. The van der Waals surface area contributed by atoms with Gasteiger partial charge in [0.05, 0.1) is 25.9 Å². The molecule has 4 nitrogen and oxygen atoms in total. The van der Waals surface area contributed by atoms with Crippen LogP contribution in [-0.4, -0.2) is 30.3 Å². The molecule has 1 heterocycles. The van der Waals surface area contributed by atoms with Crippen LogP contribution >= 0.6 is 0 Å². The van der Waals surface area contributed by atoms with Crippen molar-refractivity contribution in [2.75, 3.05) is 13.2 Å². The number of nitrogens with one attached hydrogen (secondary N) is 1. The van der Waals surface area contributed by atoms with Gasteiger partial charge in [-0.05, 0) is 17.4 Å². The van der Waals surface area contributed by atoms with Crippen molar-refractivity contribution in [3.63, 3.8) is 0 Å².